The van der Waals surface area contributed by atoms with Crippen molar-refractivity contribution in [3.8, 4) is 17.0 Å². The number of rotatable bonds is 7. The van der Waals surface area contributed by atoms with Gasteiger partial charge in [0, 0.05) is 23.9 Å². The second-order valence-corrected chi connectivity index (χ2v) is 6.67. The first kappa shape index (κ1) is 20.3. The number of anilines is 1. The number of carbonyl (C=O) groups is 1. The van der Waals surface area contributed by atoms with E-state index >= 15 is 0 Å². The van der Waals surface area contributed by atoms with Gasteiger partial charge in [0.05, 0.1) is 18.6 Å². The van der Waals surface area contributed by atoms with Crippen molar-refractivity contribution in [3.63, 3.8) is 0 Å². The molecule has 2 aromatic carbocycles. The molecule has 150 valence electrons. The quantitative estimate of drug-likeness (QED) is 0.616. The molecule has 0 fully saturated rings. The highest BCUT2D eigenvalue weighted by Gasteiger charge is 2.15. The van der Waals surface area contributed by atoms with Crippen LogP contribution < -0.4 is 15.2 Å². The number of hydrogen-bond donors (Lipinski definition) is 0. The van der Waals surface area contributed by atoms with Gasteiger partial charge in [-0.15, -0.1) is 0 Å². The topological polar surface area (TPSA) is 64.4 Å². The minimum atomic E-state index is -0.266. The predicted octanol–water partition coefficient (Wildman–Crippen LogP) is 3.67. The number of benzene rings is 2. The van der Waals surface area contributed by atoms with Crippen molar-refractivity contribution in [2.75, 3.05) is 18.1 Å². The highest BCUT2D eigenvalue weighted by molar-refractivity contribution is 5.93. The van der Waals surface area contributed by atoms with Crippen molar-refractivity contribution >= 4 is 11.6 Å². The fraction of sp³-hybridized carbons (Fsp3) is 0.261. The molecule has 0 spiro atoms. The van der Waals surface area contributed by atoms with Gasteiger partial charge in [-0.05, 0) is 62.7 Å². The lowest BCUT2D eigenvalue weighted by Crippen LogP contribution is -2.36. The van der Waals surface area contributed by atoms with E-state index in [1.165, 1.54) is 17.0 Å². The normalized spacial score (nSPS) is 10.6. The van der Waals surface area contributed by atoms with E-state index < -0.39 is 0 Å². The summed E-state index contributed by atoms with van der Waals surface area (Å²) in [6, 6.07) is 16.6. The van der Waals surface area contributed by atoms with E-state index in [9.17, 15) is 9.59 Å². The molecule has 0 aliphatic carbocycles. The number of ether oxygens (including phenoxy) is 1. The standard InChI is InChI=1S/C23H25N3O3/c1-4-26(19-8-6-7-17(3)13-19)23(28)15-25-16-24-21(14-22(25)27)18-9-11-20(12-10-18)29-5-2/h6-14,16H,4-5,15H2,1-3H3. The number of carbonyl (C=O) groups excluding carboxylic acids is 1. The van der Waals surface area contributed by atoms with E-state index in [1.807, 2.05) is 69.3 Å². The zero-order valence-corrected chi connectivity index (χ0v) is 17.0. The zero-order chi connectivity index (χ0) is 20.8. The van der Waals surface area contributed by atoms with Crippen LogP contribution in [0.3, 0.4) is 0 Å². The van der Waals surface area contributed by atoms with Gasteiger partial charge in [0.2, 0.25) is 5.91 Å². The molecule has 3 aromatic rings. The number of hydrogen-bond acceptors (Lipinski definition) is 4. The summed E-state index contributed by atoms with van der Waals surface area (Å²) >= 11 is 0. The Hall–Kier alpha value is -3.41. The van der Waals surface area contributed by atoms with Crippen LogP contribution in [0.2, 0.25) is 0 Å². The fourth-order valence-corrected chi connectivity index (χ4v) is 3.12. The van der Waals surface area contributed by atoms with E-state index in [4.69, 9.17) is 4.74 Å². The smallest absolute Gasteiger partial charge is 0.254 e. The van der Waals surface area contributed by atoms with Crippen molar-refractivity contribution in [2.45, 2.75) is 27.3 Å². The van der Waals surface area contributed by atoms with E-state index in [0.29, 0.717) is 18.8 Å². The molecule has 0 unspecified atom stereocenters. The van der Waals surface area contributed by atoms with Gasteiger partial charge in [0.1, 0.15) is 12.3 Å². The van der Waals surface area contributed by atoms with Gasteiger partial charge in [-0.25, -0.2) is 4.98 Å². The Bertz CT molecular complexity index is 1040. The van der Waals surface area contributed by atoms with Crippen LogP contribution in [-0.2, 0) is 11.3 Å². The number of nitrogens with zero attached hydrogens (tertiary/aromatic N) is 3. The summed E-state index contributed by atoms with van der Waals surface area (Å²) in [6.45, 7) is 6.88. The summed E-state index contributed by atoms with van der Waals surface area (Å²) in [6.07, 6.45) is 1.43. The van der Waals surface area contributed by atoms with Gasteiger partial charge in [-0.2, -0.15) is 0 Å². The van der Waals surface area contributed by atoms with Crippen LogP contribution in [0.15, 0.2) is 65.7 Å². The number of amides is 1. The maximum Gasteiger partial charge on any atom is 0.254 e. The molecular weight excluding hydrogens is 366 g/mol. The molecule has 0 atom stereocenters. The van der Waals surface area contributed by atoms with Crippen molar-refractivity contribution in [3.05, 3.63) is 76.8 Å². The summed E-state index contributed by atoms with van der Waals surface area (Å²) in [7, 11) is 0. The molecule has 0 bridgehead atoms. The van der Waals surface area contributed by atoms with Crippen LogP contribution >= 0.6 is 0 Å². The number of likely N-dealkylation sites (N-methyl/N-ethyl adjacent to an activating group) is 1. The molecule has 0 radical (unpaired) electrons. The molecule has 0 N–H and O–H groups in total. The number of aryl methyl sites for hydroxylation is 1. The van der Waals surface area contributed by atoms with Crippen LogP contribution in [-0.4, -0.2) is 28.6 Å². The van der Waals surface area contributed by atoms with E-state index in [-0.39, 0.29) is 18.0 Å². The van der Waals surface area contributed by atoms with Gasteiger partial charge in [0.25, 0.3) is 5.56 Å². The first-order valence-electron chi connectivity index (χ1n) is 9.68. The van der Waals surface area contributed by atoms with Crippen LogP contribution in [0, 0.1) is 6.92 Å². The SMILES string of the molecule is CCOc1ccc(-c2cc(=O)n(CC(=O)N(CC)c3cccc(C)c3)cn2)cc1. The second-order valence-electron chi connectivity index (χ2n) is 6.67. The molecule has 1 aromatic heterocycles. The summed E-state index contributed by atoms with van der Waals surface area (Å²) in [4.78, 5) is 31.4. The molecule has 0 aliphatic rings. The van der Waals surface area contributed by atoms with E-state index in [0.717, 1.165) is 22.6 Å². The van der Waals surface area contributed by atoms with Crippen molar-refractivity contribution in [1.82, 2.24) is 9.55 Å². The lowest BCUT2D eigenvalue weighted by Gasteiger charge is -2.22. The van der Waals surface area contributed by atoms with Gasteiger partial charge < -0.3 is 9.64 Å². The summed E-state index contributed by atoms with van der Waals surface area (Å²) in [5, 5.41) is 0. The van der Waals surface area contributed by atoms with Crippen LogP contribution in [0.1, 0.15) is 19.4 Å². The molecule has 3 rings (SSSR count). The lowest BCUT2D eigenvalue weighted by atomic mass is 10.1. The molecule has 0 saturated heterocycles. The first-order chi connectivity index (χ1) is 14.0. The molecule has 6 heteroatoms. The average Bonchev–Trinajstić information content (AvgIpc) is 2.71. The zero-order valence-electron chi connectivity index (χ0n) is 17.0. The summed E-state index contributed by atoms with van der Waals surface area (Å²) in [5.74, 6) is 0.613. The van der Waals surface area contributed by atoms with E-state index in [1.54, 1.807) is 4.90 Å². The molecule has 29 heavy (non-hydrogen) atoms. The third-order valence-electron chi connectivity index (χ3n) is 4.58. The third-order valence-corrected chi connectivity index (χ3v) is 4.58. The van der Waals surface area contributed by atoms with Gasteiger partial charge >= 0.3 is 0 Å². The summed E-state index contributed by atoms with van der Waals surface area (Å²) in [5.41, 5.74) is 3.01. The minimum Gasteiger partial charge on any atom is -0.494 e. The second kappa shape index (κ2) is 9.19. The minimum absolute atomic E-state index is 0.0584. The summed E-state index contributed by atoms with van der Waals surface area (Å²) < 4.78 is 6.76. The Kier molecular flexibility index (Phi) is 6.44. The molecule has 0 saturated carbocycles. The molecule has 1 heterocycles. The molecule has 0 aliphatic heterocycles. The van der Waals surface area contributed by atoms with Gasteiger partial charge in [-0.3, -0.25) is 14.2 Å². The Balaban J connectivity index is 1.77. The number of aromatic nitrogens is 2. The van der Waals surface area contributed by atoms with Crippen LogP contribution in [0.5, 0.6) is 5.75 Å². The highest BCUT2D eigenvalue weighted by atomic mass is 16.5. The van der Waals surface area contributed by atoms with Gasteiger partial charge in [0.15, 0.2) is 0 Å². The van der Waals surface area contributed by atoms with Gasteiger partial charge in [-0.1, -0.05) is 12.1 Å². The Morgan fingerprint density at radius 3 is 2.48 bits per heavy atom. The predicted molar refractivity (Wildman–Crippen MR) is 114 cm³/mol. The monoisotopic (exact) mass is 391 g/mol. The maximum atomic E-state index is 12.8. The average molecular weight is 391 g/mol. The van der Waals surface area contributed by atoms with Crippen molar-refractivity contribution < 1.29 is 9.53 Å². The highest BCUT2D eigenvalue weighted by Crippen LogP contribution is 2.20. The van der Waals surface area contributed by atoms with Crippen LogP contribution in [0.25, 0.3) is 11.3 Å². The Morgan fingerprint density at radius 2 is 1.86 bits per heavy atom. The van der Waals surface area contributed by atoms with Crippen molar-refractivity contribution in [2.24, 2.45) is 0 Å². The molecule has 1 amide bonds. The van der Waals surface area contributed by atoms with Crippen LogP contribution in [0.4, 0.5) is 5.69 Å². The molecule has 6 nitrogen and oxygen atoms in total. The fourth-order valence-electron chi connectivity index (χ4n) is 3.12. The van der Waals surface area contributed by atoms with Crippen molar-refractivity contribution in [1.29, 1.82) is 0 Å². The Labute approximate surface area is 170 Å². The largest absolute Gasteiger partial charge is 0.494 e. The third kappa shape index (κ3) is 4.90. The molecular formula is C23H25N3O3. The van der Waals surface area contributed by atoms with E-state index in [2.05, 4.69) is 4.98 Å². The maximum absolute atomic E-state index is 12.8. The first-order valence-corrected chi connectivity index (χ1v) is 9.68. The Morgan fingerprint density at radius 1 is 1.10 bits per heavy atom. The lowest BCUT2D eigenvalue weighted by molar-refractivity contribution is -0.119.